The lowest BCUT2D eigenvalue weighted by atomic mass is 9.78. The van der Waals surface area contributed by atoms with Gasteiger partial charge in [-0.25, -0.2) is 0 Å². The zero-order chi connectivity index (χ0) is 16.1. The normalized spacial score (nSPS) is 14.0. The maximum Gasteiger partial charge on any atom is 0.120 e. The zero-order valence-electron chi connectivity index (χ0n) is 14.3. The van der Waals surface area contributed by atoms with E-state index < -0.39 is 0 Å². The first-order chi connectivity index (χ1) is 9.58. The smallest absolute Gasteiger partial charge is 0.120 e. The van der Waals surface area contributed by atoms with E-state index in [1.807, 2.05) is 24.3 Å². The molecule has 120 valence electrons. The lowest BCUT2D eigenvalue weighted by Crippen LogP contribution is -2.42. The molecule has 0 bridgehead atoms. The third kappa shape index (κ3) is 7.87. The van der Waals surface area contributed by atoms with Gasteiger partial charge in [0.15, 0.2) is 0 Å². The van der Waals surface area contributed by atoms with Crippen molar-refractivity contribution in [3.8, 4) is 5.75 Å². The molecule has 0 radical (unpaired) electrons. The number of halogens is 1. The summed E-state index contributed by atoms with van der Waals surface area (Å²) in [5.41, 5.74) is 0.438. The Bertz CT molecular complexity index is 432. The van der Waals surface area contributed by atoms with E-state index in [1.54, 1.807) is 0 Å². The molecule has 0 amide bonds. The van der Waals surface area contributed by atoms with Crippen molar-refractivity contribution in [2.75, 3.05) is 13.2 Å². The Balaban J connectivity index is 2.50. The van der Waals surface area contributed by atoms with Crippen molar-refractivity contribution >= 4 is 15.9 Å². The lowest BCUT2D eigenvalue weighted by Gasteiger charge is -2.34. The van der Waals surface area contributed by atoms with Crippen molar-refractivity contribution < 1.29 is 4.74 Å². The SMILES string of the molecule is CC(C)(C)NCC(CCOc1cccc(Br)c1)C(C)(C)C. The average molecular weight is 356 g/mol. The van der Waals surface area contributed by atoms with Gasteiger partial charge in [-0.3, -0.25) is 0 Å². The van der Waals surface area contributed by atoms with Gasteiger partial charge in [0.2, 0.25) is 0 Å². The monoisotopic (exact) mass is 355 g/mol. The lowest BCUT2D eigenvalue weighted by molar-refractivity contribution is 0.170. The third-order valence-electron chi connectivity index (χ3n) is 3.63. The van der Waals surface area contributed by atoms with Crippen LogP contribution in [0.4, 0.5) is 0 Å². The molecule has 0 saturated carbocycles. The Kier molecular flexibility index (Phi) is 6.73. The first kappa shape index (κ1) is 18.5. The van der Waals surface area contributed by atoms with Crippen LogP contribution >= 0.6 is 15.9 Å². The van der Waals surface area contributed by atoms with Gasteiger partial charge in [-0.2, -0.15) is 0 Å². The summed E-state index contributed by atoms with van der Waals surface area (Å²) in [5.74, 6) is 1.52. The first-order valence-electron chi connectivity index (χ1n) is 7.71. The number of hydrogen-bond acceptors (Lipinski definition) is 2. The van der Waals surface area contributed by atoms with Gasteiger partial charge in [-0.1, -0.05) is 42.8 Å². The number of benzene rings is 1. The first-order valence-corrected chi connectivity index (χ1v) is 8.50. The van der Waals surface area contributed by atoms with Gasteiger partial charge in [0.05, 0.1) is 6.61 Å². The molecular formula is C18H30BrNO. The minimum Gasteiger partial charge on any atom is -0.494 e. The number of ether oxygens (including phenoxy) is 1. The average Bonchev–Trinajstić information content (AvgIpc) is 2.30. The summed E-state index contributed by atoms with van der Waals surface area (Å²) >= 11 is 3.47. The highest BCUT2D eigenvalue weighted by Crippen LogP contribution is 2.29. The number of nitrogens with one attached hydrogen (secondary N) is 1. The third-order valence-corrected chi connectivity index (χ3v) is 4.13. The molecule has 1 atom stereocenters. The minimum atomic E-state index is 0.161. The molecule has 1 N–H and O–H groups in total. The quantitative estimate of drug-likeness (QED) is 0.750. The Morgan fingerprint density at radius 2 is 1.81 bits per heavy atom. The van der Waals surface area contributed by atoms with E-state index in [4.69, 9.17) is 4.74 Å². The predicted octanol–water partition coefficient (Wildman–Crippen LogP) is 5.27. The van der Waals surface area contributed by atoms with E-state index in [0.717, 1.165) is 29.8 Å². The highest BCUT2D eigenvalue weighted by atomic mass is 79.9. The van der Waals surface area contributed by atoms with Gasteiger partial charge in [0.25, 0.3) is 0 Å². The topological polar surface area (TPSA) is 21.3 Å². The summed E-state index contributed by atoms with van der Waals surface area (Å²) < 4.78 is 6.94. The molecule has 0 aromatic heterocycles. The standard InChI is InChI=1S/C18H30BrNO/c1-17(2,3)14(13-20-18(4,5)6)10-11-21-16-9-7-8-15(19)12-16/h7-9,12,14,20H,10-11,13H2,1-6H3. The van der Waals surface area contributed by atoms with Crippen molar-refractivity contribution in [3.63, 3.8) is 0 Å². The van der Waals surface area contributed by atoms with Crippen LogP contribution in [-0.4, -0.2) is 18.7 Å². The molecule has 1 rings (SSSR count). The van der Waals surface area contributed by atoms with E-state index in [-0.39, 0.29) is 11.0 Å². The summed E-state index contributed by atoms with van der Waals surface area (Å²) in [6.07, 6.45) is 1.05. The molecule has 3 heteroatoms. The van der Waals surface area contributed by atoms with Crippen molar-refractivity contribution in [3.05, 3.63) is 28.7 Å². The molecule has 2 nitrogen and oxygen atoms in total. The van der Waals surface area contributed by atoms with Gasteiger partial charge in [-0.15, -0.1) is 0 Å². The molecule has 1 unspecified atom stereocenters. The van der Waals surface area contributed by atoms with Crippen LogP contribution in [0.25, 0.3) is 0 Å². The van der Waals surface area contributed by atoms with Crippen LogP contribution < -0.4 is 10.1 Å². The Hall–Kier alpha value is -0.540. The summed E-state index contributed by atoms with van der Waals surface area (Å²) in [7, 11) is 0. The van der Waals surface area contributed by atoms with Crippen molar-refractivity contribution in [2.24, 2.45) is 11.3 Å². The van der Waals surface area contributed by atoms with Crippen LogP contribution in [0.1, 0.15) is 48.0 Å². The summed E-state index contributed by atoms with van der Waals surface area (Å²) in [6, 6.07) is 8.03. The van der Waals surface area contributed by atoms with Crippen LogP contribution in [0.5, 0.6) is 5.75 Å². The van der Waals surface area contributed by atoms with Gasteiger partial charge in [0.1, 0.15) is 5.75 Å². The zero-order valence-corrected chi connectivity index (χ0v) is 15.9. The predicted molar refractivity (Wildman–Crippen MR) is 95.0 cm³/mol. The Morgan fingerprint density at radius 3 is 2.33 bits per heavy atom. The van der Waals surface area contributed by atoms with Gasteiger partial charge < -0.3 is 10.1 Å². The maximum absolute atomic E-state index is 5.89. The van der Waals surface area contributed by atoms with Crippen molar-refractivity contribution in [1.82, 2.24) is 5.32 Å². The van der Waals surface area contributed by atoms with Crippen molar-refractivity contribution in [1.29, 1.82) is 0 Å². The fraction of sp³-hybridized carbons (Fsp3) is 0.667. The van der Waals surface area contributed by atoms with E-state index in [9.17, 15) is 0 Å². The summed E-state index contributed by atoms with van der Waals surface area (Å²) in [6.45, 7) is 15.3. The molecule has 0 saturated heterocycles. The van der Waals surface area contributed by atoms with Gasteiger partial charge in [0, 0.05) is 10.0 Å². The highest BCUT2D eigenvalue weighted by molar-refractivity contribution is 9.10. The molecule has 0 spiro atoms. The van der Waals surface area contributed by atoms with Crippen LogP contribution in [0, 0.1) is 11.3 Å². The summed E-state index contributed by atoms with van der Waals surface area (Å²) in [5, 5.41) is 3.62. The molecule has 0 fully saturated rings. The largest absolute Gasteiger partial charge is 0.494 e. The van der Waals surface area contributed by atoms with E-state index >= 15 is 0 Å². The highest BCUT2D eigenvalue weighted by Gasteiger charge is 2.25. The Labute approximate surface area is 138 Å². The van der Waals surface area contributed by atoms with Crippen LogP contribution in [0.2, 0.25) is 0 Å². The van der Waals surface area contributed by atoms with E-state index in [2.05, 4.69) is 62.8 Å². The molecule has 0 aliphatic rings. The molecule has 1 aromatic rings. The molecular weight excluding hydrogens is 326 g/mol. The maximum atomic E-state index is 5.89. The fourth-order valence-electron chi connectivity index (χ4n) is 2.15. The Morgan fingerprint density at radius 1 is 1.14 bits per heavy atom. The second kappa shape index (κ2) is 7.64. The number of rotatable bonds is 6. The van der Waals surface area contributed by atoms with Crippen LogP contribution in [-0.2, 0) is 0 Å². The molecule has 0 aliphatic carbocycles. The van der Waals surface area contributed by atoms with Crippen LogP contribution in [0.15, 0.2) is 28.7 Å². The second-order valence-corrected chi connectivity index (χ2v) is 8.70. The van der Waals surface area contributed by atoms with Crippen LogP contribution in [0.3, 0.4) is 0 Å². The molecule has 0 heterocycles. The molecule has 0 aliphatic heterocycles. The van der Waals surface area contributed by atoms with Crippen molar-refractivity contribution in [2.45, 2.75) is 53.5 Å². The number of hydrogen-bond donors (Lipinski definition) is 1. The van der Waals surface area contributed by atoms with E-state index in [0.29, 0.717) is 5.92 Å². The molecule has 21 heavy (non-hydrogen) atoms. The molecule has 1 aromatic carbocycles. The van der Waals surface area contributed by atoms with Gasteiger partial charge >= 0.3 is 0 Å². The van der Waals surface area contributed by atoms with Gasteiger partial charge in [-0.05, 0) is 63.3 Å². The summed E-state index contributed by atoms with van der Waals surface area (Å²) in [4.78, 5) is 0. The van der Waals surface area contributed by atoms with E-state index in [1.165, 1.54) is 0 Å². The fourth-order valence-corrected chi connectivity index (χ4v) is 2.52. The minimum absolute atomic E-state index is 0.161. The second-order valence-electron chi connectivity index (χ2n) is 7.79.